The highest BCUT2D eigenvalue weighted by molar-refractivity contribution is 9.10. The molecule has 0 saturated heterocycles. The second kappa shape index (κ2) is 5.87. The molecule has 1 aromatic rings. The summed E-state index contributed by atoms with van der Waals surface area (Å²) in [5, 5.41) is 11.8. The van der Waals surface area contributed by atoms with Crippen LogP contribution in [0.2, 0.25) is 0 Å². The molecule has 0 bridgehead atoms. The van der Waals surface area contributed by atoms with Crippen molar-refractivity contribution in [1.29, 1.82) is 5.26 Å². The van der Waals surface area contributed by atoms with Gasteiger partial charge in [0.05, 0.1) is 13.2 Å². The quantitative estimate of drug-likeness (QED) is 0.927. The number of methoxy groups -OCH3 is 1. The highest BCUT2D eigenvalue weighted by Gasteiger charge is 2.31. The van der Waals surface area contributed by atoms with Crippen LogP contribution in [0.5, 0.6) is 5.75 Å². The van der Waals surface area contributed by atoms with Crippen LogP contribution in [0.4, 0.5) is 5.69 Å². The predicted molar refractivity (Wildman–Crippen MR) is 73.3 cm³/mol. The van der Waals surface area contributed by atoms with Crippen LogP contribution in [-0.4, -0.2) is 13.0 Å². The van der Waals surface area contributed by atoms with E-state index >= 15 is 0 Å². The average Bonchev–Trinajstić information content (AvgIpc) is 2.36. The molecule has 0 spiro atoms. The minimum Gasteiger partial charge on any atom is -0.497 e. The van der Waals surface area contributed by atoms with Crippen LogP contribution in [-0.2, 0) is 4.79 Å². The van der Waals surface area contributed by atoms with Crippen LogP contribution in [0.15, 0.2) is 22.7 Å². The van der Waals surface area contributed by atoms with Crippen molar-refractivity contribution in [1.82, 2.24) is 0 Å². The topological polar surface area (TPSA) is 62.1 Å². The molecule has 1 aromatic carbocycles. The Balaban J connectivity index is 2.95. The maximum Gasteiger partial charge on any atom is 0.244 e. The lowest BCUT2D eigenvalue weighted by molar-refractivity contribution is -0.122. The smallest absolute Gasteiger partial charge is 0.244 e. The summed E-state index contributed by atoms with van der Waals surface area (Å²) in [4.78, 5) is 12.0. The number of hydrogen-bond donors (Lipinski definition) is 1. The van der Waals surface area contributed by atoms with E-state index in [9.17, 15) is 4.79 Å². The minimum absolute atomic E-state index is 0.312. The Bertz CT molecular complexity index is 496. The van der Waals surface area contributed by atoms with Gasteiger partial charge in [0, 0.05) is 16.2 Å². The normalized spacial score (nSPS) is 13.3. The van der Waals surface area contributed by atoms with E-state index in [1.54, 1.807) is 32.2 Å². The van der Waals surface area contributed by atoms with Gasteiger partial charge < -0.3 is 10.1 Å². The predicted octanol–water partition coefficient (Wildman–Crippen LogP) is 3.34. The van der Waals surface area contributed by atoms with Crippen molar-refractivity contribution in [2.45, 2.75) is 20.3 Å². The zero-order valence-corrected chi connectivity index (χ0v) is 12.2. The third-order valence-electron chi connectivity index (χ3n) is 2.82. The lowest BCUT2D eigenvalue weighted by Gasteiger charge is -2.18. The summed E-state index contributed by atoms with van der Waals surface area (Å²) in [5.41, 5.74) is -0.420. The molecule has 0 aliphatic rings. The number of carbonyl (C=O) groups excluding carboxylic acids is 1. The standard InChI is InChI=1S/C13H15BrN2O2/c1-4-13(2,8-15)12(17)16-10-5-9(14)6-11(7-10)18-3/h5-7H,4H2,1-3H3,(H,16,17). The van der Waals surface area contributed by atoms with Crippen molar-refractivity contribution in [3.63, 3.8) is 0 Å². The van der Waals surface area contributed by atoms with E-state index in [-0.39, 0.29) is 5.91 Å². The highest BCUT2D eigenvalue weighted by Crippen LogP contribution is 2.27. The first-order chi connectivity index (χ1) is 8.45. The molecule has 0 aromatic heterocycles. The average molecular weight is 311 g/mol. The Morgan fingerprint density at radius 2 is 2.22 bits per heavy atom. The number of ether oxygens (including phenoxy) is 1. The molecule has 96 valence electrons. The number of carbonyl (C=O) groups is 1. The van der Waals surface area contributed by atoms with Crippen molar-refractivity contribution in [3.8, 4) is 11.8 Å². The number of amides is 1. The molecule has 5 heteroatoms. The molecule has 18 heavy (non-hydrogen) atoms. The molecule has 4 nitrogen and oxygen atoms in total. The lowest BCUT2D eigenvalue weighted by atomic mass is 9.88. The van der Waals surface area contributed by atoms with E-state index in [2.05, 4.69) is 21.2 Å². The molecular weight excluding hydrogens is 296 g/mol. The number of hydrogen-bond acceptors (Lipinski definition) is 3. The molecule has 1 rings (SSSR count). The molecule has 0 fully saturated rings. The first-order valence-electron chi connectivity index (χ1n) is 5.52. The highest BCUT2D eigenvalue weighted by atomic mass is 79.9. The van der Waals surface area contributed by atoms with Crippen molar-refractivity contribution in [3.05, 3.63) is 22.7 Å². The molecule has 1 unspecified atom stereocenters. The molecule has 1 atom stereocenters. The van der Waals surface area contributed by atoms with Crippen molar-refractivity contribution in [2.75, 3.05) is 12.4 Å². The number of halogens is 1. The summed E-state index contributed by atoms with van der Waals surface area (Å²) >= 11 is 3.33. The van der Waals surface area contributed by atoms with Gasteiger partial charge in [-0.15, -0.1) is 0 Å². The number of nitrogens with one attached hydrogen (secondary N) is 1. The Kier molecular flexibility index (Phi) is 4.74. The summed E-state index contributed by atoms with van der Waals surface area (Å²) in [6.07, 6.45) is 0.459. The third kappa shape index (κ3) is 3.23. The Labute approximate surface area is 115 Å². The third-order valence-corrected chi connectivity index (χ3v) is 3.28. The molecule has 0 aliphatic heterocycles. The monoisotopic (exact) mass is 310 g/mol. The number of rotatable bonds is 4. The van der Waals surface area contributed by atoms with Crippen molar-refractivity contribution < 1.29 is 9.53 Å². The maximum atomic E-state index is 12.0. The number of nitrogens with zero attached hydrogens (tertiary/aromatic N) is 1. The van der Waals surface area contributed by atoms with Gasteiger partial charge in [0.25, 0.3) is 0 Å². The summed E-state index contributed by atoms with van der Waals surface area (Å²) in [6, 6.07) is 7.29. The molecule has 1 amide bonds. The van der Waals surface area contributed by atoms with Gasteiger partial charge in [-0.05, 0) is 25.5 Å². The first-order valence-corrected chi connectivity index (χ1v) is 6.31. The second-order valence-corrected chi connectivity index (χ2v) is 5.05. The van der Waals surface area contributed by atoms with Gasteiger partial charge in [-0.3, -0.25) is 4.79 Å². The largest absolute Gasteiger partial charge is 0.497 e. The second-order valence-electron chi connectivity index (χ2n) is 4.13. The van der Waals surface area contributed by atoms with Crippen LogP contribution in [0, 0.1) is 16.7 Å². The Morgan fingerprint density at radius 1 is 1.56 bits per heavy atom. The van der Waals surface area contributed by atoms with Gasteiger partial charge in [-0.1, -0.05) is 22.9 Å². The van der Waals surface area contributed by atoms with Crippen molar-refractivity contribution in [2.24, 2.45) is 5.41 Å². The zero-order chi connectivity index (χ0) is 13.8. The SMILES string of the molecule is CCC(C)(C#N)C(=O)Nc1cc(Br)cc(OC)c1. The molecule has 0 aliphatic carbocycles. The van der Waals surface area contributed by atoms with Crippen LogP contribution in [0.3, 0.4) is 0 Å². The minimum atomic E-state index is -1.02. The van der Waals surface area contributed by atoms with Crippen LogP contribution < -0.4 is 10.1 Å². The van der Waals surface area contributed by atoms with Gasteiger partial charge in [0.15, 0.2) is 0 Å². The molecule has 0 heterocycles. The summed E-state index contributed by atoms with van der Waals surface area (Å²) < 4.78 is 5.91. The molecular formula is C13H15BrN2O2. The number of nitriles is 1. The molecule has 1 N–H and O–H groups in total. The van der Waals surface area contributed by atoms with E-state index in [0.717, 1.165) is 4.47 Å². The summed E-state index contributed by atoms with van der Waals surface area (Å²) in [6.45, 7) is 3.43. The van der Waals surface area contributed by atoms with Gasteiger partial charge in [0.2, 0.25) is 5.91 Å². The fraction of sp³-hybridized carbons (Fsp3) is 0.385. The lowest BCUT2D eigenvalue weighted by Crippen LogP contribution is -2.31. The number of benzene rings is 1. The van der Waals surface area contributed by atoms with Crippen molar-refractivity contribution >= 4 is 27.5 Å². The maximum absolute atomic E-state index is 12.0. The van der Waals surface area contributed by atoms with Crippen LogP contribution in [0.1, 0.15) is 20.3 Å². The van der Waals surface area contributed by atoms with Crippen LogP contribution in [0.25, 0.3) is 0 Å². The van der Waals surface area contributed by atoms with E-state index in [4.69, 9.17) is 10.00 Å². The number of anilines is 1. The molecule has 0 saturated carbocycles. The van der Waals surface area contributed by atoms with Gasteiger partial charge in [-0.25, -0.2) is 0 Å². The summed E-state index contributed by atoms with van der Waals surface area (Å²) in [5.74, 6) is 0.322. The van der Waals surface area contributed by atoms with Gasteiger partial charge in [-0.2, -0.15) is 5.26 Å². The fourth-order valence-electron chi connectivity index (χ4n) is 1.31. The van der Waals surface area contributed by atoms with E-state index < -0.39 is 5.41 Å². The van der Waals surface area contributed by atoms with Crippen LogP contribution >= 0.6 is 15.9 Å². The Hall–Kier alpha value is -1.54. The van der Waals surface area contributed by atoms with E-state index in [1.165, 1.54) is 0 Å². The molecule has 0 radical (unpaired) electrons. The van der Waals surface area contributed by atoms with Gasteiger partial charge in [0.1, 0.15) is 11.2 Å². The van der Waals surface area contributed by atoms with E-state index in [0.29, 0.717) is 17.9 Å². The fourth-order valence-corrected chi connectivity index (χ4v) is 1.78. The first kappa shape index (κ1) is 14.5. The van der Waals surface area contributed by atoms with Gasteiger partial charge >= 0.3 is 0 Å². The zero-order valence-electron chi connectivity index (χ0n) is 10.6. The Morgan fingerprint density at radius 3 is 2.72 bits per heavy atom. The van der Waals surface area contributed by atoms with E-state index in [1.807, 2.05) is 13.0 Å². The summed E-state index contributed by atoms with van der Waals surface area (Å²) in [7, 11) is 1.55.